The zero-order valence-corrected chi connectivity index (χ0v) is 20.3. The second kappa shape index (κ2) is 12.2. The molecular weight excluding hydrogens is 473 g/mol. The van der Waals surface area contributed by atoms with Gasteiger partial charge in [-0.05, 0) is 41.8 Å². The van der Waals surface area contributed by atoms with E-state index in [0.717, 1.165) is 5.56 Å². The first kappa shape index (κ1) is 25.3. The molecule has 0 spiro atoms. The fourth-order valence-corrected chi connectivity index (χ4v) is 3.61. The van der Waals surface area contributed by atoms with Gasteiger partial charge in [0.2, 0.25) is 0 Å². The molecule has 3 rings (SSSR count). The Kier molecular flexibility index (Phi) is 9.08. The average molecular weight is 498 g/mol. The van der Waals surface area contributed by atoms with Crippen LogP contribution < -0.4 is 15.5 Å². The molecule has 0 aliphatic carbocycles. The molecule has 3 aromatic carbocycles. The molecule has 2 amide bonds. The first-order valence-electron chi connectivity index (χ1n) is 10.7. The van der Waals surface area contributed by atoms with Crippen molar-refractivity contribution in [3.63, 3.8) is 0 Å². The Bertz CT molecular complexity index is 1170. The van der Waals surface area contributed by atoms with E-state index in [0.29, 0.717) is 22.9 Å². The van der Waals surface area contributed by atoms with Gasteiger partial charge in [-0.3, -0.25) is 9.59 Å². The first-order chi connectivity index (χ1) is 16.3. The lowest BCUT2D eigenvalue weighted by Crippen LogP contribution is -2.48. The van der Waals surface area contributed by atoms with Crippen LogP contribution in [0.25, 0.3) is 0 Å². The van der Waals surface area contributed by atoms with Gasteiger partial charge in [-0.2, -0.15) is 5.10 Å². The standard InChI is InChI=1S/C26H25Cl2N3O3/c1-17(2)24(30-25(32)21-13-12-20(27)14-22(21)28)26(33)31-29-15-19-10-6-7-11-23(19)34-16-18-8-4-3-5-9-18/h3-15,17,24H,16H2,1-2H3,(H,30,32)(H,31,33)/b29-15+. The number of halogens is 2. The zero-order valence-electron chi connectivity index (χ0n) is 18.8. The number of ether oxygens (including phenoxy) is 1. The van der Waals surface area contributed by atoms with Crippen molar-refractivity contribution in [1.29, 1.82) is 0 Å². The highest BCUT2D eigenvalue weighted by Crippen LogP contribution is 2.21. The third-order valence-electron chi connectivity index (χ3n) is 4.95. The molecule has 0 saturated heterocycles. The van der Waals surface area contributed by atoms with Crippen LogP contribution in [0.3, 0.4) is 0 Å². The van der Waals surface area contributed by atoms with Crippen LogP contribution in [0.2, 0.25) is 10.0 Å². The van der Waals surface area contributed by atoms with Crippen molar-refractivity contribution in [3.8, 4) is 5.75 Å². The van der Waals surface area contributed by atoms with Crippen molar-refractivity contribution in [2.24, 2.45) is 11.0 Å². The lowest BCUT2D eigenvalue weighted by Gasteiger charge is -2.20. The summed E-state index contributed by atoms with van der Waals surface area (Å²) in [6, 6.07) is 20.9. The number of nitrogens with one attached hydrogen (secondary N) is 2. The monoisotopic (exact) mass is 497 g/mol. The Hall–Kier alpha value is -3.35. The van der Waals surface area contributed by atoms with Crippen LogP contribution in [0.15, 0.2) is 77.9 Å². The van der Waals surface area contributed by atoms with Crippen molar-refractivity contribution in [3.05, 3.63) is 99.5 Å². The lowest BCUT2D eigenvalue weighted by molar-refractivity contribution is -0.123. The van der Waals surface area contributed by atoms with Crippen LogP contribution in [0.1, 0.15) is 35.3 Å². The maximum absolute atomic E-state index is 12.8. The summed E-state index contributed by atoms with van der Waals surface area (Å²) in [6.45, 7) is 4.06. The van der Waals surface area contributed by atoms with Crippen LogP contribution in [0.4, 0.5) is 0 Å². The number of benzene rings is 3. The zero-order chi connectivity index (χ0) is 24.5. The van der Waals surface area contributed by atoms with E-state index in [1.54, 1.807) is 6.07 Å². The normalized spacial score (nSPS) is 11.9. The fourth-order valence-electron chi connectivity index (χ4n) is 3.12. The van der Waals surface area contributed by atoms with Crippen LogP contribution >= 0.6 is 23.2 Å². The molecule has 0 radical (unpaired) electrons. The molecule has 34 heavy (non-hydrogen) atoms. The number of hydrazone groups is 1. The quantitative estimate of drug-likeness (QED) is 0.303. The fraction of sp³-hybridized carbons (Fsp3) is 0.192. The SMILES string of the molecule is CC(C)C(NC(=O)c1ccc(Cl)cc1Cl)C(=O)N/N=C/c1ccccc1OCc1ccccc1. The summed E-state index contributed by atoms with van der Waals surface area (Å²) in [5.41, 5.74) is 4.48. The van der Waals surface area contributed by atoms with Crippen LogP contribution in [0, 0.1) is 5.92 Å². The van der Waals surface area contributed by atoms with Gasteiger partial charge in [0.1, 0.15) is 18.4 Å². The molecule has 0 fully saturated rings. The number of nitrogens with zero attached hydrogens (tertiary/aromatic N) is 1. The largest absolute Gasteiger partial charge is 0.488 e. The van der Waals surface area contributed by atoms with Crippen molar-refractivity contribution in [2.45, 2.75) is 26.5 Å². The van der Waals surface area contributed by atoms with Crippen molar-refractivity contribution >= 4 is 41.2 Å². The van der Waals surface area contributed by atoms with Gasteiger partial charge < -0.3 is 10.1 Å². The van der Waals surface area contributed by atoms with Gasteiger partial charge in [-0.15, -0.1) is 0 Å². The lowest BCUT2D eigenvalue weighted by atomic mass is 10.0. The summed E-state index contributed by atoms with van der Waals surface area (Å²) in [6.07, 6.45) is 1.51. The number of hydrogen-bond donors (Lipinski definition) is 2. The Balaban J connectivity index is 1.63. The number of hydrogen-bond acceptors (Lipinski definition) is 4. The van der Waals surface area contributed by atoms with E-state index in [1.807, 2.05) is 68.4 Å². The van der Waals surface area contributed by atoms with Crippen LogP contribution in [-0.2, 0) is 11.4 Å². The van der Waals surface area contributed by atoms with E-state index in [-0.39, 0.29) is 16.5 Å². The molecular formula is C26H25Cl2N3O3. The molecule has 1 unspecified atom stereocenters. The Morgan fingerprint density at radius 1 is 1.00 bits per heavy atom. The van der Waals surface area contributed by atoms with E-state index in [1.165, 1.54) is 18.3 Å². The molecule has 0 bridgehead atoms. The minimum Gasteiger partial charge on any atom is -0.488 e. The van der Waals surface area contributed by atoms with Gasteiger partial charge in [0.15, 0.2) is 0 Å². The first-order valence-corrected chi connectivity index (χ1v) is 11.5. The van der Waals surface area contributed by atoms with Gasteiger partial charge in [-0.1, -0.05) is 79.5 Å². The molecule has 0 saturated carbocycles. The molecule has 2 N–H and O–H groups in total. The highest BCUT2D eigenvalue weighted by Gasteiger charge is 2.25. The third kappa shape index (κ3) is 7.07. The second-order valence-electron chi connectivity index (χ2n) is 7.87. The second-order valence-corrected chi connectivity index (χ2v) is 8.71. The van der Waals surface area contributed by atoms with Crippen molar-refractivity contribution in [1.82, 2.24) is 10.7 Å². The molecule has 8 heteroatoms. The van der Waals surface area contributed by atoms with Gasteiger partial charge in [-0.25, -0.2) is 5.43 Å². The number of para-hydroxylation sites is 1. The molecule has 0 aliphatic rings. The maximum atomic E-state index is 12.8. The summed E-state index contributed by atoms with van der Waals surface area (Å²) in [5.74, 6) is -0.478. The van der Waals surface area contributed by atoms with Gasteiger partial charge in [0.05, 0.1) is 16.8 Å². The number of amides is 2. The number of carbonyl (C=O) groups excluding carboxylic acids is 2. The summed E-state index contributed by atoms with van der Waals surface area (Å²) in [7, 11) is 0. The number of carbonyl (C=O) groups is 2. The summed E-state index contributed by atoms with van der Waals surface area (Å²) in [4.78, 5) is 25.4. The predicted octanol–water partition coefficient (Wildman–Crippen LogP) is 5.48. The molecule has 6 nitrogen and oxygen atoms in total. The van der Waals surface area contributed by atoms with E-state index < -0.39 is 17.9 Å². The highest BCUT2D eigenvalue weighted by molar-refractivity contribution is 6.36. The molecule has 1 atom stereocenters. The summed E-state index contributed by atoms with van der Waals surface area (Å²) < 4.78 is 5.90. The minimum atomic E-state index is -0.819. The summed E-state index contributed by atoms with van der Waals surface area (Å²) in [5, 5.41) is 7.41. The Morgan fingerprint density at radius 2 is 1.71 bits per heavy atom. The molecule has 0 aliphatic heterocycles. The van der Waals surface area contributed by atoms with E-state index in [4.69, 9.17) is 27.9 Å². The molecule has 0 heterocycles. The maximum Gasteiger partial charge on any atom is 0.262 e. The van der Waals surface area contributed by atoms with Crippen LogP contribution in [0.5, 0.6) is 5.75 Å². The van der Waals surface area contributed by atoms with Gasteiger partial charge in [0, 0.05) is 10.6 Å². The summed E-state index contributed by atoms with van der Waals surface area (Å²) >= 11 is 12.0. The predicted molar refractivity (Wildman–Crippen MR) is 136 cm³/mol. The van der Waals surface area contributed by atoms with Gasteiger partial charge in [0.25, 0.3) is 11.8 Å². The molecule has 176 valence electrons. The average Bonchev–Trinajstić information content (AvgIpc) is 2.82. The van der Waals surface area contributed by atoms with Crippen molar-refractivity contribution in [2.75, 3.05) is 0 Å². The van der Waals surface area contributed by atoms with Crippen LogP contribution in [-0.4, -0.2) is 24.1 Å². The minimum absolute atomic E-state index is 0.188. The highest BCUT2D eigenvalue weighted by atomic mass is 35.5. The third-order valence-corrected chi connectivity index (χ3v) is 5.49. The number of rotatable bonds is 9. The van der Waals surface area contributed by atoms with Crippen molar-refractivity contribution < 1.29 is 14.3 Å². The Morgan fingerprint density at radius 3 is 2.41 bits per heavy atom. The molecule has 0 aromatic heterocycles. The van der Waals surface area contributed by atoms with E-state index in [2.05, 4.69) is 15.8 Å². The van der Waals surface area contributed by atoms with E-state index in [9.17, 15) is 9.59 Å². The smallest absolute Gasteiger partial charge is 0.262 e. The van der Waals surface area contributed by atoms with E-state index >= 15 is 0 Å². The molecule has 3 aromatic rings. The Labute approximate surface area is 208 Å². The topological polar surface area (TPSA) is 79.8 Å². The van der Waals surface area contributed by atoms with Gasteiger partial charge >= 0.3 is 0 Å².